The van der Waals surface area contributed by atoms with E-state index in [0.717, 1.165) is 15.8 Å². The number of carbonyl (C=O) groups is 1. The number of nitrogens with zero attached hydrogens (tertiary/aromatic N) is 4. The van der Waals surface area contributed by atoms with Gasteiger partial charge < -0.3 is 9.88 Å². The van der Waals surface area contributed by atoms with Crippen molar-refractivity contribution >= 4 is 54.2 Å². The topological polar surface area (TPSA) is 107 Å². The molecule has 0 aliphatic rings. The molecule has 0 aliphatic heterocycles. The first-order valence-electron chi connectivity index (χ1n) is 9.85. The number of benzene rings is 2. The molecule has 0 unspecified atom stereocenters. The van der Waals surface area contributed by atoms with E-state index in [9.17, 15) is 13.2 Å². The average molecular weight is 488 g/mol. The Kier molecular flexibility index (Phi) is 6.58. The van der Waals surface area contributed by atoms with Crippen LogP contribution in [0.25, 0.3) is 10.2 Å². The summed E-state index contributed by atoms with van der Waals surface area (Å²) >= 11 is 2.64. The van der Waals surface area contributed by atoms with E-state index >= 15 is 0 Å². The summed E-state index contributed by atoms with van der Waals surface area (Å²) in [6.45, 7) is 4.39. The molecule has 0 fully saturated rings. The molecule has 0 radical (unpaired) electrons. The lowest BCUT2D eigenvalue weighted by Crippen LogP contribution is -2.15. The number of fused-ring (bicyclic) bond motifs is 1. The quantitative estimate of drug-likeness (QED) is 0.375. The highest BCUT2D eigenvalue weighted by atomic mass is 32.2. The van der Waals surface area contributed by atoms with Gasteiger partial charge in [-0.1, -0.05) is 47.4 Å². The molecule has 8 nitrogen and oxygen atoms in total. The zero-order valence-electron chi connectivity index (χ0n) is 17.5. The molecular formula is C21H21N5O3S3. The Morgan fingerprint density at radius 3 is 2.69 bits per heavy atom. The van der Waals surface area contributed by atoms with Crippen LogP contribution in [0.3, 0.4) is 0 Å². The van der Waals surface area contributed by atoms with Gasteiger partial charge in [-0.2, -0.15) is 0 Å². The van der Waals surface area contributed by atoms with Crippen LogP contribution in [-0.2, 0) is 26.9 Å². The minimum absolute atomic E-state index is 0.110. The number of hydrogen-bond donors (Lipinski definition) is 1. The standard InChI is InChI=1S/C21H21N5O3S3/c1-3-26-18(13-32(28,29)15-7-5-4-6-8-15)24-25-21(26)30-12-19(27)23-20-22-16-10-9-14(2)11-17(16)31-20/h4-11H,3,12-13H2,1-2H3,(H,22,23,27). The fourth-order valence-corrected chi connectivity index (χ4v) is 6.20. The molecule has 0 bridgehead atoms. The van der Waals surface area contributed by atoms with E-state index in [1.165, 1.54) is 23.1 Å². The third kappa shape index (κ3) is 5.00. The smallest absolute Gasteiger partial charge is 0.236 e. The molecular weight excluding hydrogens is 466 g/mol. The molecule has 4 aromatic rings. The summed E-state index contributed by atoms with van der Waals surface area (Å²) < 4.78 is 28.1. The van der Waals surface area contributed by atoms with Crippen molar-refractivity contribution in [1.82, 2.24) is 19.7 Å². The Morgan fingerprint density at radius 1 is 1.16 bits per heavy atom. The number of nitrogens with one attached hydrogen (secondary N) is 1. The Hall–Kier alpha value is -2.76. The zero-order valence-corrected chi connectivity index (χ0v) is 19.9. The number of thiazole rings is 1. The van der Waals surface area contributed by atoms with Gasteiger partial charge in [0, 0.05) is 6.54 Å². The molecule has 1 N–H and O–H groups in total. The third-order valence-electron chi connectivity index (χ3n) is 4.65. The van der Waals surface area contributed by atoms with E-state index in [0.29, 0.717) is 22.7 Å². The van der Waals surface area contributed by atoms with Gasteiger partial charge in [-0.3, -0.25) is 4.79 Å². The molecule has 2 heterocycles. The number of sulfone groups is 1. The number of aromatic nitrogens is 4. The predicted octanol–water partition coefficient (Wildman–Crippen LogP) is 3.92. The fraction of sp³-hybridized carbons (Fsp3) is 0.238. The van der Waals surface area contributed by atoms with Crippen molar-refractivity contribution in [3.05, 3.63) is 59.9 Å². The largest absolute Gasteiger partial charge is 0.305 e. The highest BCUT2D eigenvalue weighted by Crippen LogP contribution is 2.27. The molecule has 0 aliphatic carbocycles. The van der Waals surface area contributed by atoms with Crippen LogP contribution in [0.2, 0.25) is 0 Å². The highest BCUT2D eigenvalue weighted by Gasteiger charge is 2.21. The Morgan fingerprint density at radius 2 is 1.94 bits per heavy atom. The lowest BCUT2D eigenvalue weighted by atomic mass is 10.2. The summed E-state index contributed by atoms with van der Waals surface area (Å²) in [5, 5.41) is 12.0. The first-order chi connectivity index (χ1) is 15.4. The molecule has 0 spiro atoms. The third-order valence-corrected chi connectivity index (χ3v) is 8.18. The van der Waals surface area contributed by atoms with Crippen LogP contribution in [0.4, 0.5) is 5.13 Å². The summed E-state index contributed by atoms with van der Waals surface area (Å²) in [6, 6.07) is 14.2. The highest BCUT2D eigenvalue weighted by molar-refractivity contribution is 7.99. The summed E-state index contributed by atoms with van der Waals surface area (Å²) in [5.74, 6) is -0.00969. The Labute approximate surface area is 194 Å². The van der Waals surface area contributed by atoms with Gasteiger partial charge in [-0.05, 0) is 43.7 Å². The van der Waals surface area contributed by atoms with E-state index in [2.05, 4.69) is 20.5 Å². The number of rotatable bonds is 8. The molecule has 0 saturated heterocycles. The normalized spacial score (nSPS) is 11.7. The van der Waals surface area contributed by atoms with E-state index in [1.807, 2.05) is 32.0 Å². The molecule has 2 aromatic heterocycles. The maximum atomic E-state index is 12.7. The van der Waals surface area contributed by atoms with Crippen molar-refractivity contribution in [1.29, 1.82) is 0 Å². The van der Waals surface area contributed by atoms with Gasteiger partial charge >= 0.3 is 0 Å². The van der Waals surface area contributed by atoms with Crippen LogP contribution in [0, 0.1) is 6.92 Å². The number of hydrogen-bond acceptors (Lipinski definition) is 8. The van der Waals surface area contributed by atoms with E-state index < -0.39 is 9.84 Å². The van der Waals surface area contributed by atoms with Crippen molar-refractivity contribution in [2.45, 2.75) is 36.2 Å². The molecule has 11 heteroatoms. The molecule has 4 rings (SSSR count). The van der Waals surface area contributed by atoms with Crippen molar-refractivity contribution in [2.24, 2.45) is 0 Å². The van der Waals surface area contributed by atoms with Gasteiger partial charge in [-0.15, -0.1) is 10.2 Å². The molecule has 0 saturated carbocycles. The number of amides is 1. The van der Waals surface area contributed by atoms with Crippen LogP contribution in [0.1, 0.15) is 18.3 Å². The van der Waals surface area contributed by atoms with Crippen LogP contribution in [0.5, 0.6) is 0 Å². The molecule has 0 atom stereocenters. The second-order valence-electron chi connectivity index (χ2n) is 7.04. The van der Waals surface area contributed by atoms with Crippen molar-refractivity contribution in [2.75, 3.05) is 11.1 Å². The number of aryl methyl sites for hydroxylation is 1. The lowest BCUT2D eigenvalue weighted by molar-refractivity contribution is -0.113. The van der Waals surface area contributed by atoms with Crippen LogP contribution < -0.4 is 5.32 Å². The minimum atomic E-state index is -3.54. The van der Waals surface area contributed by atoms with Gasteiger partial charge in [0.2, 0.25) is 5.91 Å². The van der Waals surface area contributed by atoms with Gasteiger partial charge in [0.25, 0.3) is 0 Å². The van der Waals surface area contributed by atoms with Crippen molar-refractivity contribution in [3.8, 4) is 0 Å². The molecule has 1 amide bonds. The summed E-state index contributed by atoms with van der Waals surface area (Å²) in [5.41, 5.74) is 1.98. The lowest BCUT2D eigenvalue weighted by Gasteiger charge is -2.08. The first kappa shape index (κ1) is 22.4. The summed E-state index contributed by atoms with van der Waals surface area (Å²) in [7, 11) is -3.54. The predicted molar refractivity (Wildman–Crippen MR) is 127 cm³/mol. The Balaban J connectivity index is 1.42. The first-order valence-corrected chi connectivity index (χ1v) is 13.3. The van der Waals surface area contributed by atoms with E-state index in [-0.39, 0.29) is 22.3 Å². The van der Waals surface area contributed by atoms with Crippen molar-refractivity contribution < 1.29 is 13.2 Å². The van der Waals surface area contributed by atoms with E-state index in [4.69, 9.17) is 0 Å². The van der Waals surface area contributed by atoms with Crippen LogP contribution in [0.15, 0.2) is 58.6 Å². The second kappa shape index (κ2) is 9.39. The van der Waals surface area contributed by atoms with Crippen molar-refractivity contribution in [3.63, 3.8) is 0 Å². The minimum Gasteiger partial charge on any atom is -0.305 e. The molecule has 32 heavy (non-hydrogen) atoms. The van der Waals surface area contributed by atoms with Gasteiger partial charge in [-0.25, -0.2) is 13.4 Å². The fourth-order valence-electron chi connectivity index (χ4n) is 3.10. The maximum Gasteiger partial charge on any atom is 0.236 e. The number of anilines is 1. The van der Waals surface area contributed by atoms with Crippen LogP contribution >= 0.6 is 23.1 Å². The second-order valence-corrected chi connectivity index (χ2v) is 11.0. The summed E-state index contributed by atoms with van der Waals surface area (Å²) in [6.07, 6.45) is 0. The molecule has 166 valence electrons. The number of thioether (sulfide) groups is 1. The van der Waals surface area contributed by atoms with Gasteiger partial charge in [0.1, 0.15) is 11.6 Å². The SMILES string of the molecule is CCn1c(CS(=O)(=O)c2ccccc2)nnc1SCC(=O)Nc1nc2ccc(C)cc2s1. The van der Waals surface area contributed by atoms with Gasteiger partial charge in [0.15, 0.2) is 20.1 Å². The number of carbonyl (C=O) groups excluding carboxylic acids is 1. The van der Waals surface area contributed by atoms with E-state index in [1.54, 1.807) is 34.9 Å². The Bertz CT molecular complexity index is 1360. The van der Waals surface area contributed by atoms with Gasteiger partial charge in [0.05, 0.1) is 20.9 Å². The monoisotopic (exact) mass is 487 g/mol. The average Bonchev–Trinajstić information content (AvgIpc) is 3.34. The summed E-state index contributed by atoms with van der Waals surface area (Å²) in [4.78, 5) is 17.1. The van der Waals surface area contributed by atoms with Crippen LogP contribution in [-0.4, -0.2) is 39.8 Å². The molecule has 2 aromatic carbocycles. The maximum absolute atomic E-state index is 12.7. The zero-order chi connectivity index (χ0) is 22.7.